The van der Waals surface area contributed by atoms with Crippen molar-refractivity contribution in [2.75, 3.05) is 18.4 Å². The van der Waals surface area contributed by atoms with Crippen LogP contribution in [0.15, 0.2) is 71.6 Å². The average molecular weight is 518 g/mol. The first-order valence-corrected chi connectivity index (χ1v) is 13.4. The van der Waals surface area contributed by atoms with E-state index < -0.39 is 15.9 Å². The van der Waals surface area contributed by atoms with Gasteiger partial charge < -0.3 is 11.1 Å². The molecule has 0 spiro atoms. The largest absolute Gasteiger partial charge is 0.366 e. The Balaban J connectivity index is 1.39. The Morgan fingerprint density at radius 1 is 1.00 bits per heavy atom. The molecule has 2 amide bonds. The van der Waals surface area contributed by atoms with Gasteiger partial charge in [-0.25, -0.2) is 8.42 Å². The number of nitrogens with two attached hydrogens (primary N) is 1. The van der Waals surface area contributed by atoms with E-state index in [9.17, 15) is 18.0 Å². The van der Waals surface area contributed by atoms with Gasteiger partial charge in [-0.15, -0.1) is 0 Å². The molecule has 37 heavy (non-hydrogen) atoms. The quantitative estimate of drug-likeness (QED) is 0.357. The van der Waals surface area contributed by atoms with Crippen LogP contribution in [0.4, 0.5) is 5.69 Å². The lowest BCUT2D eigenvalue weighted by Crippen LogP contribution is -2.38. The number of primary amides is 1. The summed E-state index contributed by atoms with van der Waals surface area (Å²) in [7, 11) is -3.67. The first-order chi connectivity index (χ1) is 17.7. The van der Waals surface area contributed by atoms with Crippen molar-refractivity contribution in [2.24, 2.45) is 5.73 Å². The second-order valence-corrected chi connectivity index (χ2v) is 11.1. The second-order valence-electron chi connectivity index (χ2n) is 9.17. The zero-order valence-corrected chi connectivity index (χ0v) is 21.1. The molecule has 0 atom stereocenters. The summed E-state index contributed by atoms with van der Waals surface area (Å²) in [6.45, 7) is 2.10. The van der Waals surface area contributed by atoms with Gasteiger partial charge in [-0.05, 0) is 60.4 Å². The van der Waals surface area contributed by atoms with Gasteiger partial charge in [-0.3, -0.25) is 14.7 Å². The molecular formula is C27H27N5O4S. The minimum atomic E-state index is -3.67. The molecule has 1 aromatic heterocycles. The third-order valence-corrected chi connectivity index (χ3v) is 8.65. The second kappa shape index (κ2) is 9.79. The van der Waals surface area contributed by atoms with E-state index in [1.165, 1.54) is 23.4 Å². The van der Waals surface area contributed by atoms with Gasteiger partial charge in [0, 0.05) is 42.7 Å². The molecule has 1 aliphatic heterocycles. The van der Waals surface area contributed by atoms with Gasteiger partial charge in [0.25, 0.3) is 5.91 Å². The van der Waals surface area contributed by atoms with Crippen LogP contribution in [0.2, 0.25) is 0 Å². The molecule has 0 bridgehead atoms. The molecule has 0 unspecified atom stereocenters. The first kappa shape index (κ1) is 24.7. The Kier molecular flexibility index (Phi) is 6.53. The number of nitrogens with one attached hydrogen (secondary N) is 2. The Labute approximate surface area is 214 Å². The van der Waals surface area contributed by atoms with Crippen LogP contribution >= 0.6 is 0 Å². The van der Waals surface area contributed by atoms with Gasteiger partial charge in [0.15, 0.2) is 0 Å². The summed E-state index contributed by atoms with van der Waals surface area (Å²) in [6.07, 6.45) is 1.20. The number of anilines is 1. The predicted molar refractivity (Wildman–Crippen MR) is 142 cm³/mol. The molecule has 5 rings (SSSR count). The predicted octanol–water partition coefficient (Wildman–Crippen LogP) is 3.86. The van der Waals surface area contributed by atoms with E-state index in [2.05, 4.69) is 15.5 Å². The van der Waals surface area contributed by atoms with E-state index in [0.717, 1.165) is 22.2 Å². The lowest BCUT2D eigenvalue weighted by molar-refractivity contribution is -0.114. The fourth-order valence-corrected chi connectivity index (χ4v) is 6.35. The highest BCUT2D eigenvalue weighted by molar-refractivity contribution is 7.89. The van der Waals surface area contributed by atoms with Crippen LogP contribution < -0.4 is 11.1 Å². The van der Waals surface area contributed by atoms with Gasteiger partial charge in [0.1, 0.15) is 5.52 Å². The lowest BCUT2D eigenvalue weighted by Gasteiger charge is -2.31. The number of piperidine rings is 1. The summed E-state index contributed by atoms with van der Waals surface area (Å²) in [6, 6.07) is 19.7. The number of benzene rings is 3. The number of hydrogen-bond acceptors (Lipinski definition) is 5. The summed E-state index contributed by atoms with van der Waals surface area (Å²) in [4.78, 5) is 23.6. The molecule has 190 valence electrons. The van der Waals surface area contributed by atoms with Crippen LogP contribution in [0, 0.1) is 0 Å². The Bertz CT molecular complexity index is 1570. The Hall–Kier alpha value is -4.02. The van der Waals surface area contributed by atoms with Crippen LogP contribution in [-0.4, -0.2) is 47.8 Å². The molecule has 9 nitrogen and oxygen atoms in total. The van der Waals surface area contributed by atoms with Crippen LogP contribution in [0.1, 0.15) is 41.7 Å². The maximum Gasteiger partial charge on any atom is 0.251 e. The zero-order chi connectivity index (χ0) is 26.2. The molecular weight excluding hydrogens is 490 g/mol. The van der Waals surface area contributed by atoms with Crippen LogP contribution in [-0.2, 0) is 14.8 Å². The summed E-state index contributed by atoms with van der Waals surface area (Å²) < 4.78 is 27.9. The van der Waals surface area contributed by atoms with Crippen molar-refractivity contribution >= 4 is 38.4 Å². The molecule has 1 saturated heterocycles. The van der Waals surface area contributed by atoms with Crippen molar-refractivity contribution < 1.29 is 18.0 Å². The Morgan fingerprint density at radius 2 is 1.68 bits per heavy atom. The highest BCUT2D eigenvalue weighted by Gasteiger charge is 2.31. The van der Waals surface area contributed by atoms with E-state index in [-0.39, 0.29) is 16.7 Å². The van der Waals surface area contributed by atoms with E-state index in [0.29, 0.717) is 42.7 Å². The van der Waals surface area contributed by atoms with Crippen molar-refractivity contribution in [3.63, 3.8) is 0 Å². The van der Waals surface area contributed by atoms with E-state index in [1.807, 2.05) is 36.4 Å². The van der Waals surface area contributed by atoms with E-state index >= 15 is 0 Å². The maximum absolute atomic E-state index is 13.2. The van der Waals surface area contributed by atoms with Crippen molar-refractivity contribution in [3.05, 3.63) is 78.0 Å². The topological polar surface area (TPSA) is 138 Å². The number of nitrogens with zero attached hydrogens (tertiary/aromatic N) is 2. The molecule has 2 heterocycles. The number of amides is 2. The highest BCUT2D eigenvalue weighted by atomic mass is 32.2. The minimum Gasteiger partial charge on any atom is -0.366 e. The van der Waals surface area contributed by atoms with Gasteiger partial charge in [0.2, 0.25) is 15.9 Å². The lowest BCUT2D eigenvalue weighted by atomic mass is 9.90. The third-order valence-electron chi connectivity index (χ3n) is 6.74. The maximum atomic E-state index is 13.2. The number of aromatic amines is 1. The summed E-state index contributed by atoms with van der Waals surface area (Å²) >= 11 is 0. The molecule has 0 aliphatic carbocycles. The van der Waals surface area contributed by atoms with Crippen molar-refractivity contribution in [2.45, 2.75) is 30.6 Å². The highest BCUT2D eigenvalue weighted by Crippen LogP contribution is 2.36. The van der Waals surface area contributed by atoms with Crippen LogP contribution in [0.25, 0.3) is 22.0 Å². The van der Waals surface area contributed by atoms with Gasteiger partial charge in [-0.1, -0.05) is 30.3 Å². The van der Waals surface area contributed by atoms with Crippen molar-refractivity contribution in [1.82, 2.24) is 14.5 Å². The third kappa shape index (κ3) is 4.85. The zero-order valence-electron chi connectivity index (χ0n) is 20.3. The van der Waals surface area contributed by atoms with Crippen molar-refractivity contribution in [1.29, 1.82) is 0 Å². The molecule has 0 radical (unpaired) electrons. The first-order valence-electron chi connectivity index (χ1n) is 12.0. The number of rotatable bonds is 6. The van der Waals surface area contributed by atoms with Crippen LogP contribution in [0.5, 0.6) is 0 Å². The van der Waals surface area contributed by atoms with Gasteiger partial charge >= 0.3 is 0 Å². The van der Waals surface area contributed by atoms with Crippen LogP contribution in [0.3, 0.4) is 0 Å². The minimum absolute atomic E-state index is 0.0466. The fraction of sp³-hybridized carbons (Fsp3) is 0.222. The molecule has 10 heteroatoms. The summed E-state index contributed by atoms with van der Waals surface area (Å²) in [5.74, 6) is -0.723. The number of aromatic nitrogens is 2. The average Bonchev–Trinajstić information content (AvgIpc) is 3.32. The van der Waals surface area contributed by atoms with Gasteiger partial charge in [0.05, 0.1) is 10.5 Å². The molecule has 1 aliphatic rings. The molecule has 4 aromatic rings. The Morgan fingerprint density at radius 3 is 2.30 bits per heavy atom. The number of sulfonamides is 1. The normalized spacial score (nSPS) is 15.1. The molecule has 0 saturated carbocycles. The van der Waals surface area contributed by atoms with Gasteiger partial charge in [-0.2, -0.15) is 9.40 Å². The number of H-pyrrole nitrogens is 1. The number of carbonyl (C=O) groups excluding carboxylic acids is 2. The van der Waals surface area contributed by atoms with E-state index in [4.69, 9.17) is 5.73 Å². The molecule has 1 fully saturated rings. The molecule has 4 N–H and O–H groups in total. The fourth-order valence-electron chi connectivity index (χ4n) is 4.88. The summed E-state index contributed by atoms with van der Waals surface area (Å²) in [5, 5.41) is 11.0. The number of carbonyl (C=O) groups is 2. The smallest absolute Gasteiger partial charge is 0.251 e. The monoisotopic (exact) mass is 517 g/mol. The number of fused-ring (bicyclic) bond motifs is 1. The molecule has 3 aromatic carbocycles. The SMILES string of the molecule is CC(=O)Nc1ccc(S(=O)(=O)N2CCC(c3[nH]nc4c(C(N)=O)cc(-c5ccccc5)cc34)CC2)cc1. The van der Waals surface area contributed by atoms with Crippen molar-refractivity contribution in [3.8, 4) is 11.1 Å². The standard InChI is InChI=1S/C27H27N5O4S/c1-17(33)29-21-7-9-22(10-8-21)37(35,36)32-13-11-19(12-14-32)25-23-15-20(18-5-3-2-4-6-18)16-24(27(28)34)26(23)31-30-25/h2-10,15-16,19H,11-14H2,1H3,(H2,28,34)(H,29,33)(H,30,31). The van der Waals surface area contributed by atoms with E-state index in [1.54, 1.807) is 18.2 Å². The number of hydrogen-bond donors (Lipinski definition) is 3. The summed E-state index contributed by atoms with van der Waals surface area (Å²) in [5.41, 5.74) is 9.81.